The van der Waals surface area contributed by atoms with Gasteiger partial charge in [-0.25, -0.2) is 34.9 Å². The Morgan fingerprint density at radius 2 is 0.583 bits per heavy atom. The molecule has 8 rings (SSSR count). The second-order valence-electron chi connectivity index (χ2n) is 10.9. The van der Waals surface area contributed by atoms with Crippen LogP contribution in [0.1, 0.15) is 0 Å². The maximum atomic E-state index is 4.98. The summed E-state index contributed by atoms with van der Waals surface area (Å²) in [5.41, 5.74) is 7.51. The second-order valence-corrected chi connectivity index (χ2v) is 10.9. The van der Waals surface area contributed by atoms with Gasteiger partial charge < -0.3 is 0 Å². The maximum absolute atomic E-state index is 4.98. The molecule has 0 amide bonds. The molecule has 4 heterocycles. The van der Waals surface area contributed by atoms with Crippen LogP contribution in [0.2, 0.25) is 0 Å². The lowest BCUT2D eigenvalue weighted by molar-refractivity contribution is 1.01. The van der Waals surface area contributed by atoms with Crippen LogP contribution in [0.15, 0.2) is 158 Å². The second kappa shape index (κ2) is 12.9. The number of hydrogen-bond acceptors (Lipinski definition) is 8. The Morgan fingerprint density at radius 3 is 0.917 bits per heavy atom. The van der Waals surface area contributed by atoms with E-state index in [4.69, 9.17) is 34.9 Å². The fraction of sp³-hybridized carbons (Fsp3) is 0. The van der Waals surface area contributed by atoms with E-state index in [1.807, 2.05) is 146 Å². The lowest BCUT2D eigenvalue weighted by Crippen LogP contribution is -2.06. The van der Waals surface area contributed by atoms with Crippen molar-refractivity contribution in [3.05, 3.63) is 158 Å². The van der Waals surface area contributed by atoms with E-state index in [1.54, 1.807) is 12.4 Å². The van der Waals surface area contributed by atoms with Crippen molar-refractivity contribution < 1.29 is 0 Å². The van der Waals surface area contributed by atoms with Crippen molar-refractivity contribution in [3.63, 3.8) is 0 Å². The molecule has 0 unspecified atom stereocenters. The third-order valence-corrected chi connectivity index (χ3v) is 7.69. The molecule has 0 N–H and O–H groups in total. The Hall–Kier alpha value is -6.80. The average molecular weight is 619 g/mol. The first-order chi connectivity index (χ1) is 23.8. The largest absolute Gasteiger partial charge is 0.264 e. The molecule has 0 fully saturated rings. The summed E-state index contributed by atoms with van der Waals surface area (Å²) in [6.07, 6.45) is 3.43. The van der Waals surface area contributed by atoms with Gasteiger partial charge in [0.05, 0.1) is 22.8 Å². The summed E-state index contributed by atoms with van der Waals surface area (Å²) in [7, 11) is 0. The Balaban J connectivity index is 1.36. The minimum atomic E-state index is 0.295. The van der Waals surface area contributed by atoms with E-state index >= 15 is 0 Å². The minimum Gasteiger partial charge on any atom is -0.264 e. The standard InChI is InChI=1S/C40H26N8/c1-5-14-27(15-6-1)32-24-33(28-16-7-2-8-17-28)43-37(42-32)39-46-36(31-22-13-23-41-26-31)47-40(48-39)38-44-34(29-18-9-3-10-19-29)25-35(45-38)30-20-11-4-12-21-30/h1-26H. The summed E-state index contributed by atoms with van der Waals surface area (Å²) < 4.78 is 0. The molecular formula is C40H26N8. The van der Waals surface area contributed by atoms with Crippen molar-refractivity contribution in [3.8, 4) is 79.7 Å². The summed E-state index contributed by atoms with van der Waals surface area (Å²) in [6, 6.07) is 47.7. The van der Waals surface area contributed by atoms with Crippen LogP contribution in [-0.2, 0) is 0 Å². The lowest BCUT2D eigenvalue weighted by Gasteiger charge is -2.11. The van der Waals surface area contributed by atoms with Crippen LogP contribution in [0.5, 0.6) is 0 Å². The van der Waals surface area contributed by atoms with Crippen LogP contribution in [0, 0.1) is 0 Å². The number of rotatable bonds is 7. The molecule has 0 saturated carbocycles. The summed E-state index contributed by atoms with van der Waals surface area (Å²) in [5.74, 6) is 1.71. The molecule has 0 aliphatic rings. The third-order valence-electron chi connectivity index (χ3n) is 7.69. The van der Waals surface area contributed by atoms with Crippen molar-refractivity contribution in [1.82, 2.24) is 39.9 Å². The van der Waals surface area contributed by atoms with Gasteiger partial charge in [0.15, 0.2) is 17.5 Å². The van der Waals surface area contributed by atoms with E-state index in [0.717, 1.165) is 45.0 Å². The first-order valence-corrected chi connectivity index (χ1v) is 15.4. The van der Waals surface area contributed by atoms with Crippen LogP contribution >= 0.6 is 0 Å². The number of benzene rings is 4. The van der Waals surface area contributed by atoms with E-state index in [9.17, 15) is 0 Å². The molecule has 0 bridgehead atoms. The minimum absolute atomic E-state index is 0.295. The molecule has 0 spiro atoms. The van der Waals surface area contributed by atoms with Crippen molar-refractivity contribution in [2.24, 2.45) is 0 Å². The highest BCUT2D eigenvalue weighted by Crippen LogP contribution is 2.30. The van der Waals surface area contributed by atoms with Gasteiger partial charge >= 0.3 is 0 Å². The molecule has 8 aromatic rings. The van der Waals surface area contributed by atoms with Crippen LogP contribution in [0.4, 0.5) is 0 Å². The average Bonchev–Trinajstić information content (AvgIpc) is 3.19. The molecule has 8 nitrogen and oxygen atoms in total. The maximum Gasteiger partial charge on any atom is 0.202 e. The first kappa shape index (κ1) is 28.7. The summed E-state index contributed by atoms with van der Waals surface area (Å²) >= 11 is 0. The summed E-state index contributed by atoms with van der Waals surface area (Å²) in [5, 5.41) is 0. The monoisotopic (exact) mass is 618 g/mol. The van der Waals surface area contributed by atoms with Gasteiger partial charge in [-0.2, -0.15) is 0 Å². The molecule has 0 radical (unpaired) electrons. The van der Waals surface area contributed by atoms with Crippen molar-refractivity contribution in [2.45, 2.75) is 0 Å². The molecule has 48 heavy (non-hydrogen) atoms. The summed E-state index contributed by atoms with van der Waals surface area (Å²) in [6.45, 7) is 0. The first-order valence-electron chi connectivity index (χ1n) is 15.4. The number of hydrogen-bond donors (Lipinski definition) is 0. The molecule has 226 valence electrons. The third kappa shape index (κ3) is 6.05. The molecular weight excluding hydrogens is 592 g/mol. The molecule has 4 aromatic carbocycles. The van der Waals surface area contributed by atoms with E-state index in [1.165, 1.54) is 0 Å². The normalized spacial score (nSPS) is 10.9. The molecule has 0 saturated heterocycles. The quantitative estimate of drug-likeness (QED) is 0.175. The van der Waals surface area contributed by atoms with Gasteiger partial charge in [-0.3, -0.25) is 4.98 Å². The highest BCUT2D eigenvalue weighted by molar-refractivity contribution is 5.73. The van der Waals surface area contributed by atoms with E-state index in [-0.39, 0.29) is 0 Å². The highest BCUT2D eigenvalue weighted by Gasteiger charge is 2.20. The van der Waals surface area contributed by atoms with Crippen molar-refractivity contribution in [1.29, 1.82) is 0 Å². The smallest absolute Gasteiger partial charge is 0.202 e. The number of aromatic nitrogens is 8. The fourth-order valence-electron chi connectivity index (χ4n) is 5.32. The van der Waals surface area contributed by atoms with E-state index in [0.29, 0.717) is 34.7 Å². The zero-order valence-electron chi connectivity index (χ0n) is 25.6. The molecule has 4 aromatic heterocycles. The molecule has 0 atom stereocenters. The van der Waals surface area contributed by atoms with Crippen LogP contribution in [0.25, 0.3) is 79.7 Å². The van der Waals surface area contributed by atoms with Crippen molar-refractivity contribution >= 4 is 0 Å². The van der Waals surface area contributed by atoms with Gasteiger partial charge in [-0.15, -0.1) is 0 Å². The fourth-order valence-corrected chi connectivity index (χ4v) is 5.32. The van der Waals surface area contributed by atoms with Gasteiger partial charge in [0.1, 0.15) is 0 Å². The summed E-state index contributed by atoms with van der Waals surface area (Å²) in [4.78, 5) is 39.0. The van der Waals surface area contributed by atoms with Gasteiger partial charge in [-0.05, 0) is 24.3 Å². The lowest BCUT2D eigenvalue weighted by atomic mass is 10.1. The predicted molar refractivity (Wildman–Crippen MR) is 187 cm³/mol. The van der Waals surface area contributed by atoms with Gasteiger partial charge in [0, 0.05) is 40.2 Å². The molecule has 0 aliphatic heterocycles. The van der Waals surface area contributed by atoms with E-state index < -0.39 is 0 Å². The Labute approximate surface area is 277 Å². The molecule has 0 aliphatic carbocycles. The predicted octanol–water partition coefficient (Wildman–Crippen LogP) is 8.52. The SMILES string of the molecule is c1ccc(-c2cc(-c3ccccc3)nc(-c3nc(-c4cccnc4)nc(-c4nc(-c5ccccc5)cc(-c5ccccc5)n4)n3)n2)cc1. The van der Waals surface area contributed by atoms with Crippen LogP contribution in [0.3, 0.4) is 0 Å². The Kier molecular flexibility index (Phi) is 7.70. The van der Waals surface area contributed by atoms with Gasteiger partial charge in [0.2, 0.25) is 11.6 Å². The number of nitrogens with zero attached hydrogens (tertiary/aromatic N) is 8. The Bertz CT molecular complexity index is 2060. The van der Waals surface area contributed by atoms with E-state index in [2.05, 4.69) is 4.98 Å². The topological polar surface area (TPSA) is 103 Å². The number of pyridine rings is 1. The highest BCUT2D eigenvalue weighted by atomic mass is 15.1. The zero-order chi connectivity index (χ0) is 32.1. The van der Waals surface area contributed by atoms with Crippen molar-refractivity contribution in [2.75, 3.05) is 0 Å². The van der Waals surface area contributed by atoms with Gasteiger partial charge in [-0.1, -0.05) is 121 Å². The van der Waals surface area contributed by atoms with Gasteiger partial charge in [0.25, 0.3) is 0 Å². The van der Waals surface area contributed by atoms with Crippen LogP contribution < -0.4 is 0 Å². The molecule has 8 heteroatoms. The van der Waals surface area contributed by atoms with Crippen LogP contribution in [-0.4, -0.2) is 39.9 Å². The zero-order valence-corrected chi connectivity index (χ0v) is 25.6. The Morgan fingerprint density at radius 1 is 0.271 bits per heavy atom.